The molecule has 0 saturated carbocycles. The van der Waals surface area contributed by atoms with Gasteiger partial charge < -0.3 is 14.8 Å². The molecule has 9 nitrogen and oxygen atoms in total. The highest BCUT2D eigenvalue weighted by Crippen LogP contribution is 2.30. The highest BCUT2D eigenvalue weighted by Gasteiger charge is 2.21. The van der Waals surface area contributed by atoms with Gasteiger partial charge >= 0.3 is 0 Å². The zero-order valence-corrected chi connectivity index (χ0v) is 17.4. The van der Waals surface area contributed by atoms with E-state index in [1.54, 1.807) is 11.8 Å². The molecule has 0 aliphatic heterocycles. The van der Waals surface area contributed by atoms with Gasteiger partial charge in [-0.1, -0.05) is 11.8 Å². The Morgan fingerprint density at radius 3 is 2.74 bits per heavy atom. The molecule has 150 valence electrons. The van der Waals surface area contributed by atoms with Crippen molar-refractivity contribution in [3.8, 4) is 17.3 Å². The maximum Gasteiger partial charge on any atom is 0.243 e. The molecule has 0 atom stereocenters. The van der Waals surface area contributed by atoms with Crippen LogP contribution in [0.25, 0.3) is 11.4 Å². The van der Waals surface area contributed by atoms with Crippen molar-refractivity contribution >= 4 is 17.7 Å². The lowest BCUT2D eigenvalue weighted by molar-refractivity contribution is -0.119. The van der Waals surface area contributed by atoms with Crippen molar-refractivity contribution in [3.05, 3.63) is 6.20 Å². The molecule has 2 aromatic heterocycles. The highest BCUT2D eigenvalue weighted by atomic mass is 32.2. The average Bonchev–Trinajstić information content (AvgIpc) is 3.21. The molecule has 0 aliphatic rings. The van der Waals surface area contributed by atoms with Crippen LogP contribution in [0.3, 0.4) is 0 Å². The summed E-state index contributed by atoms with van der Waals surface area (Å²) in [5.41, 5.74) is 0.779. The van der Waals surface area contributed by atoms with E-state index < -0.39 is 0 Å². The summed E-state index contributed by atoms with van der Waals surface area (Å²) in [7, 11) is 1.65. The SMILES string of the molecule is CCOc1nn(CC)cc1-c1nnc(SCC(=O)NC(C)C)n1CCOC. The first-order valence-corrected chi connectivity index (χ1v) is 10.0. The normalized spacial score (nSPS) is 11.2. The number of ether oxygens (including phenoxy) is 2. The fourth-order valence-electron chi connectivity index (χ4n) is 2.43. The molecular weight excluding hydrogens is 368 g/mol. The second kappa shape index (κ2) is 10.3. The van der Waals surface area contributed by atoms with E-state index in [-0.39, 0.29) is 17.7 Å². The minimum Gasteiger partial charge on any atom is -0.476 e. The van der Waals surface area contributed by atoms with Crippen molar-refractivity contribution in [1.29, 1.82) is 0 Å². The Labute approximate surface area is 163 Å². The van der Waals surface area contributed by atoms with Crippen LogP contribution in [0.1, 0.15) is 27.7 Å². The Morgan fingerprint density at radius 2 is 2.11 bits per heavy atom. The Bertz CT molecular complexity index is 743. The Hall–Kier alpha value is -2.07. The van der Waals surface area contributed by atoms with Crippen LogP contribution < -0.4 is 10.1 Å². The maximum atomic E-state index is 12.0. The van der Waals surface area contributed by atoms with Gasteiger partial charge in [0.2, 0.25) is 11.8 Å². The van der Waals surface area contributed by atoms with E-state index >= 15 is 0 Å². The summed E-state index contributed by atoms with van der Waals surface area (Å²) in [5.74, 6) is 1.42. The summed E-state index contributed by atoms with van der Waals surface area (Å²) in [6.45, 7) is 10.1. The van der Waals surface area contributed by atoms with Crippen molar-refractivity contribution in [2.24, 2.45) is 0 Å². The van der Waals surface area contributed by atoms with Gasteiger partial charge in [-0.05, 0) is 27.7 Å². The molecule has 0 radical (unpaired) electrons. The first kappa shape index (κ1) is 21.2. The lowest BCUT2D eigenvalue weighted by Gasteiger charge is -2.10. The third-order valence-electron chi connectivity index (χ3n) is 3.59. The van der Waals surface area contributed by atoms with Gasteiger partial charge in [-0.2, -0.15) is 0 Å². The number of nitrogens with zero attached hydrogens (tertiary/aromatic N) is 5. The molecule has 2 aromatic rings. The number of methoxy groups -OCH3 is 1. The summed E-state index contributed by atoms with van der Waals surface area (Å²) in [6, 6.07) is 0.105. The molecule has 0 fully saturated rings. The monoisotopic (exact) mass is 396 g/mol. The van der Waals surface area contributed by atoms with Crippen molar-refractivity contribution < 1.29 is 14.3 Å². The van der Waals surface area contributed by atoms with Crippen LogP contribution in [-0.4, -0.2) is 62.6 Å². The third kappa shape index (κ3) is 5.70. The van der Waals surface area contributed by atoms with Crippen LogP contribution >= 0.6 is 11.8 Å². The number of hydrogen-bond donors (Lipinski definition) is 1. The molecular formula is C17H28N6O3S. The Kier molecular flexibility index (Phi) is 8.11. The Balaban J connectivity index is 2.30. The number of thioether (sulfide) groups is 1. The summed E-state index contributed by atoms with van der Waals surface area (Å²) in [4.78, 5) is 12.0. The van der Waals surface area contributed by atoms with Crippen molar-refractivity contribution in [1.82, 2.24) is 29.9 Å². The van der Waals surface area contributed by atoms with Crippen molar-refractivity contribution in [3.63, 3.8) is 0 Å². The van der Waals surface area contributed by atoms with E-state index in [4.69, 9.17) is 9.47 Å². The molecule has 2 rings (SSSR count). The number of hydrogen-bond acceptors (Lipinski definition) is 7. The summed E-state index contributed by atoms with van der Waals surface area (Å²) in [6.07, 6.45) is 1.90. The number of aromatic nitrogens is 5. The van der Waals surface area contributed by atoms with E-state index in [0.717, 1.165) is 12.1 Å². The fourth-order valence-corrected chi connectivity index (χ4v) is 3.21. The van der Waals surface area contributed by atoms with Crippen LogP contribution in [0.2, 0.25) is 0 Å². The van der Waals surface area contributed by atoms with E-state index in [0.29, 0.717) is 36.6 Å². The number of carbonyl (C=O) groups is 1. The first-order chi connectivity index (χ1) is 13.0. The molecule has 0 bridgehead atoms. The van der Waals surface area contributed by atoms with E-state index in [2.05, 4.69) is 20.6 Å². The van der Waals surface area contributed by atoms with Gasteiger partial charge in [-0.15, -0.1) is 15.3 Å². The number of rotatable bonds is 11. The van der Waals surface area contributed by atoms with Gasteiger partial charge in [0.15, 0.2) is 11.0 Å². The molecule has 10 heteroatoms. The predicted octanol–water partition coefficient (Wildman–Crippen LogP) is 1.82. The van der Waals surface area contributed by atoms with Crippen molar-refractivity contribution in [2.75, 3.05) is 26.1 Å². The molecule has 1 N–H and O–H groups in total. The lowest BCUT2D eigenvalue weighted by Crippen LogP contribution is -2.31. The topological polar surface area (TPSA) is 96.1 Å². The molecule has 27 heavy (non-hydrogen) atoms. The summed E-state index contributed by atoms with van der Waals surface area (Å²) >= 11 is 1.35. The molecule has 0 spiro atoms. The molecule has 2 heterocycles. The summed E-state index contributed by atoms with van der Waals surface area (Å²) < 4.78 is 14.6. The number of aryl methyl sites for hydroxylation is 1. The van der Waals surface area contributed by atoms with Gasteiger partial charge in [0.1, 0.15) is 5.56 Å². The molecule has 0 aromatic carbocycles. The average molecular weight is 397 g/mol. The smallest absolute Gasteiger partial charge is 0.243 e. The van der Waals surface area contributed by atoms with E-state index in [1.807, 2.05) is 38.5 Å². The first-order valence-electron chi connectivity index (χ1n) is 9.05. The van der Waals surface area contributed by atoms with Gasteiger partial charge in [-0.3, -0.25) is 14.0 Å². The van der Waals surface area contributed by atoms with Crippen LogP contribution in [0.15, 0.2) is 11.4 Å². The second-order valence-electron chi connectivity index (χ2n) is 6.10. The standard InChI is InChI=1S/C17H28N6O3S/c1-6-22-10-13(16(21-22)26-7-2)15-19-20-17(23(15)8-9-25-5)27-11-14(24)18-12(3)4/h10,12H,6-9,11H2,1-5H3,(H,18,24). The predicted molar refractivity (Wildman–Crippen MR) is 104 cm³/mol. The van der Waals surface area contributed by atoms with Gasteiger partial charge in [0.05, 0.1) is 25.5 Å². The molecule has 0 saturated heterocycles. The zero-order chi connectivity index (χ0) is 19.8. The maximum absolute atomic E-state index is 12.0. The van der Waals surface area contributed by atoms with E-state index in [1.165, 1.54) is 11.8 Å². The lowest BCUT2D eigenvalue weighted by atomic mass is 10.3. The highest BCUT2D eigenvalue weighted by molar-refractivity contribution is 7.99. The van der Waals surface area contributed by atoms with Crippen molar-refractivity contribution in [2.45, 2.75) is 52.0 Å². The number of amides is 1. The van der Waals surface area contributed by atoms with Gasteiger partial charge in [0, 0.05) is 25.9 Å². The minimum absolute atomic E-state index is 0.0355. The number of carbonyl (C=O) groups excluding carboxylic acids is 1. The van der Waals surface area contributed by atoms with Crippen LogP contribution in [0.5, 0.6) is 5.88 Å². The zero-order valence-electron chi connectivity index (χ0n) is 16.6. The number of nitrogens with one attached hydrogen (secondary N) is 1. The third-order valence-corrected chi connectivity index (χ3v) is 4.56. The van der Waals surface area contributed by atoms with Gasteiger partial charge in [-0.25, -0.2) is 0 Å². The fraction of sp³-hybridized carbons (Fsp3) is 0.647. The summed E-state index contributed by atoms with van der Waals surface area (Å²) in [5, 5.41) is 16.6. The quantitative estimate of drug-likeness (QED) is 0.579. The second-order valence-corrected chi connectivity index (χ2v) is 7.04. The molecule has 1 amide bonds. The Morgan fingerprint density at radius 1 is 1.33 bits per heavy atom. The van der Waals surface area contributed by atoms with E-state index in [9.17, 15) is 4.79 Å². The molecule has 0 aliphatic carbocycles. The van der Waals surface area contributed by atoms with Crippen LogP contribution in [-0.2, 0) is 22.6 Å². The minimum atomic E-state index is -0.0355. The van der Waals surface area contributed by atoms with Crippen LogP contribution in [0.4, 0.5) is 0 Å². The van der Waals surface area contributed by atoms with Crippen LogP contribution in [0, 0.1) is 0 Å². The largest absolute Gasteiger partial charge is 0.476 e. The van der Waals surface area contributed by atoms with Gasteiger partial charge in [0.25, 0.3) is 0 Å². The molecule has 0 unspecified atom stereocenters.